The fourth-order valence-electron chi connectivity index (χ4n) is 4.58. The summed E-state index contributed by atoms with van der Waals surface area (Å²) >= 11 is 0. The lowest BCUT2D eigenvalue weighted by Gasteiger charge is -2.32. The van der Waals surface area contributed by atoms with E-state index in [1.165, 1.54) is 0 Å². The minimum Gasteiger partial charge on any atom is -0.497 e. The highest BCUT2D eigenvalue weighted by Gasteiger charge is 2.32. The fourth-order valence-corrected chi connectivity index (χ4v) is 4.58. The van der Waals surface area contributed by atoms with Crippen LogP contribution in [0.3, 0.4) is 0 Å². The summed E-state index contributed by atoms with van der Waals surface area (Å²) < 4.78 is 27.7. The van der Waals surface area contributed by atoms with Gasteiger partial charge in [0.2, 0.25) is 6.79 Å². The maximum atomic E-state index is 12.3. The number of hydrogen-bond donors (Lipinski definition) is 0. The van der Waals surface area contributed by atoms with Crippen molar-refractivity contribution in [2.75, 3.05) is 45.0 Å². The van der Waals surface area contributed by atoms with Crippen molar-refractivity contribution in [2.24, 2.45) is 0 Å². The van der Waals surface area contributed by atoms with Gasteiger partial charge in [0.05, 0.1) is 13.7 Å². The van der Waals surface area contributed by atoms with Crippen molar-refractivity contribution in [1.82, 2.24) is 4.90 Å². The van der Waals surface area contributed by atoms with Crippen molar-refractivity contribution >= 4 is 11.8 Å². The number of nitrogens with zero attached hydrogens (tertiary/aromatic N) is 2. The summed E-state index contributed by atoms with van der Waals surface area (Å²) in [6, 6.07) is 13.2. The van der Waals surface area contributed by atoms with E-state index < -0.39 is 0 Å². The third-order valence-corrected chi connectivity index (χ3v) is 6.44. The Balaban J connectivity index is 1.02. The molecule has 176 valence electrons. The average molecular weight is 455 g/mol. The van der Waals surface area contributed by atoms with Crippen LogP contribution in [0.2, 0.25) is 0 Å². The molecule has 3 aliphatic heterocycles. The molecule has 0 N–H and O–H groups in total. The molecule has 0 spiro atoms. The molecular weight excluding hydrogens is 424 g/mol. The molecule has 1 atom stereocenters. The van der Waals surface area contributed by atoms with Crippen LogP contribution in [0.5, 0.6) is 23.0 Å². The summed E-state index contributed by atoms with van der Waals surface area (Å²) in [5.74, 6) is 3.13. The molecule has 2 saturated heterocycles. The van der Waals surface area contributed by atoms with E-state index in [9.17, 15) is 4.79 Å². The number of benzene rings is 2. The number of amides is 1. The molecular formula is C25H30N2O6. The highest BCUT2D eigenvalue weighted by Crippen LogP contribution is 2.36. The molecule has 3 aliphatic rings. The molecule has 0 aliphatic carbocycles. The standard InChI is InChI=1S/C25H30N2O6/c1-29-19-6-4-18(5-7-19)27-16-22(33-25(27)28)3-2-12-26-13-10-20(11-14-26)32-21-8-9-23-24(15-21)31-17-30-23/h4-9,15,20,22H,2-3,10-14,16-17H2,1H3. The number of piperidine rings is 1. The first-order valence-corrected chi connectivity index (χ1v) is 11.6. The second kappa shape index (κ2) is 9.79. The van der Waals surface area contributed by atoms with Gasteiger partial charge in [0.15, 0.2) is 11.5 Å². The summed E-state index contributed by atoms with van der Waals surface area (Å²) in [6.07, 6.45) is 3.75. The van der Waals surface area contributed by atoms with Crippen LogP contribution in [0.15, 0.2) is 42.5 Å². The van der Waals surface area contributed by atoms with Gasteiger partial charge in [-0.05, 0) is 68.6 Å². The molecule has 0 radical (unpaired) electrons. The quantitative estimate of drug-likeness (QED) is 0.595. The van der Waals surface area contributed by atoms with Crippen molar-refractivity contribution in [2.45, 2.75) is 37.9 Å². The Bertz CT molecular complexity index is 958. The fraction of sp³-hybridized carbons (Fsp3) is 0.480. The predicted molar refractivity (Wildman–Crippen MR) is 122 cm³/mol. The molecule has 0 aromatic heterocycles. The lowest BCUT2D eigenvalue weighted by molar-refractivity contribution is 0.0943. The zero-order chi connectivity index (χ0) is 22.6. The third kappa shape index (κ3) is 5.11. The molecule has 0 saturated carbocycles. The zero-order valence-corrected chi connectivity index (χ0v) is 18.9. The molecule has 33 heavy (non-hydrogen) atoms. The van der Waals surface area contributed by atoms with E-state index in [-0.39, 0.29) is 25.1 Å². The van der Waals surface area contributed by atoms with Gasteiger partial charge in [0.25, 0.3) is 0 Å². The number of cyclic esters (lactones) is 1. The van der Waals surface area contributed by atoms with Crippen LogP contribution in [0.4, 0.5) is 10.5 Å². The summed E-state index contributed by atoms with van der Waals surface area (Å²) in [5, 5.41) is 0. The number of hydrogen-bond acceptors (Lipinski definition) is 7. The van der Waals surface area contributed by atoms with Gasteiger partial charge in [-0.15, -0.1) is 0 Å². The van der Waals surface area contributed by atoms with Gasteiger partial charge in [-0.2, -0.15) is 0 Å². The van der Waals surface area contributed by atoms with E-state index in [2.05, 4.69) is 4.90 Å². The van der Waals surface area contributed by atoms with Crippen molar-refractivity contribution in [3.05, 3.63) is 42.5 Å². The molecule has 3 heterocycles. The molecule has 2 aromatic rings. The largest absolute Gasteiger partial charge is 0.497 e. The Morgan fingerprint density at radius 1 is 1.00 bits per heavy atom. The van der Waals surface area contributed by atoms with Gasteiger partial charge in [-0.3, -0.25) is 4.90 Å². The smallest absolute Gasteiger partial charge is 0.414 e. The minimum atomic E-state index is -0.272. The normalized spacial score (nSPS) is 20.7. The molecule has 8 heteroatoms. The first-order chi connectivity index (χ1) is 16.2. The SMILES string of the molecule is COc1ccc(N2CC(CCCN3CCC(Oc4ccc5c(c4)OCO5)CC3)OC2=O)cc1. The topological polar surface area (TPSA) is 69.7 Å². The van der Waals surface area contributed by atoms with Gasteiger partial charge < -0.3 is 28.6 Å². The van der Waals surface area contributed by atoms with Crippen LogP contribution in [-0.4, -0.2) is 63.3 Å². The molecule has 1 amide bonds. The second-order valence-corrected chi connectivity index (χ2v) is 8.63. The van der Waals surface area contributed by atoms with Gasteiger partial charge in [0.1, 0.15) is 23.7 Å². The number of carbonyl (C=O) groups excluding carboxylic acids is 1. The highest BCUT2D eigenvalue weighted by molar-refractivity contribution is 5.89. The van der Waals surface area contributed by atoms with Crippen LogP contribution in [-0.2, 0) is 4.74 Å². The lowest BCUT2D eigenvalue weighted by Crippen LogP contribution is -2.39. The summed E-state index contributed by atoms with van der Waals surface area (Å²) in [5.41, 5.74) is 0.841. The summed E-state index contributed by atoms with van der Waals surface area (Å²) in [4.78, 5) is 16.5. The van der Waals surface area contributed by atoms with Gasteiger partial charge in [-0.1, -0.05) is 0 Å². The number of carbonyl (C=O) groups is 1. The first kappa shape index (κ1) is 21.7. The number of rotatable bonds is 8. The van der Waals surface area contributed by atoms with E-state index in [1.54, 1.807) is 12.0 Å². The number of anilines is 1. The average Bonchev–Trinajstić information content (AvgIpc) is 3.46. The molecule has 5 rings (SSSR count). The van der Waals surface area contributed by atoms with Crippen molar-refractivity contribution in [3.8, 4) is 23.0 Å². The first-order valence-electron chi connectivity index (χ1n) is 11.6. The maximum Gasteiger partial charge on any atom is 0.414 e. The molecule has 2 fully saturated rings. The van der Waals surface area contributed by atoms with E-state index in [0.717, 1.165) is 74.0 Å². The number of methoxy groups -OCH3 is 1. The summed E-state index contributed by atoms with van der Waals surface area (Å²) in [6.45, 7) is 3.90. The summed E-state index contributed by atoms with van der Waals surface area (Å²) in [7, 11) is 1.63. The maximum absolute atomic E-state index is 12.3. The zero-order valence-electron chi connectivity index (χ0n) is 18.9. The Morgan fingerprint density at radius 3 is 2.55 bits per heavy atom. The number of fused-ring (bicyclic) bond motifs is 1. The minimum absolute atomic E-state index is 0.0634. The van der Waals surface area contributed by atoms with Crippen molar-refractivity contribution < 1.29 is 28.5 Å². The van der Waals surface area contributed by atoms with Gasteiger partial charge in [0, 0.05) is 24.8 Å². The van der Waals surface area contributed by atoms with Crippen LogP contribution in [0.1, 0.15) is 25.7 Å². The monoisotopic (exact) mass is 454 g/mol. The Morgan fingerprint density at radius 2 is 1.76 bits per heavy atom. The Kier molecular flexibility index (Phi) is 6.44. The van der Waals surface area contributed by atoms with Crippen molar-refractivity contribution in [1.29, 1.82) is 0 Å². The second-order valence-electron chi connectivity index (χ2n) is 8.63. The van der Waals surface area contributed by atoms with Gasteiger partial charge >= 0.3 is 6.09 Å². The van der Waals surface area contributed by atoms with Gasteiger partial charge in [-0.25, -0.2) is 4.79 Å². The van der Waals surface area contributed by atoms with E-state index in [1.807, 2.05) is 42.5 Å². The van der Waals surface area contributed by atoms with Crippen LogP contribution in [0.25, 0.3) is 0 Å². The molecule has 1 unspecified atom stereocenters. The Labute approximate surface area is 193 Å². The van der Waals surface area contributed by atoms with Crippen LogP contribution in [0, 0.1) is 0 Å². The molecule has 0 bridgehead atoms. The lowest BCUT2D eigenvalue weighted by atomic mass is 10.1. The third-order valence-electron chi connectivity index (χ3n) is 6.44. The predicted octanol–water partition coefficient (Wildman–Crippen LogP) is 4.07. The van der Waals surface area contributed by atoms with E-state index in [4.69, 9.17) is 23.7 Å². The van der Waals surface area contributed by atoms with Crippen LogP contribution < -0.4 is 23.8 Å². The number of ether oxygens (including phenoxy) is 5. The van der Waals surface area contributed by atoms with E-state index in [0.29, 0.717) is 6.54 Å². The Hall–Kier alpha value is -3.13. The van der Waals surface area contributed by atoms with E-state index >= 15 is 0 Å². The van der Waals surface area contributed by atoms with Crippen LogP contribution >= 0.6 is 0 Å². The molecule has 8 nitrogen and oxygen atoms in total. The molecule has 2 aromatic carbocycles. The highest BCUT2D eigenvalue weighted by atomic mass is 16.7. The van der Waals surface area contributed by atoms with Crippen molar-refractivity contribution in [3.63, 3.8) is 0 Å². The number of likely N-dealkylation sites (tertiary alicyclic amines) is 1.